The monoisotopic (exact) mass is 281 g/mol. The summed E-state index contributed by atoms with van der Waals surface area (Å²) in [4.78, 5) is 0. The van der Waals surface area contributed by atoms with E-state index >= 15 is 0 Å². The molecule has 20 heavy (non-hydrogen) atoms. The summed E-state index contributed by atoms with van der Waals surface area (Å²) < 4.78 is 11.7. The van der Waals surface area contributed by atoms with Crippen molar-refractivity contribution in [3.05, 3.63) is 0 Å². The van der Waals surface area contributed by atoms with Gasteiger partial charge >= 0.3 is 0 Å². The number of hydrogen-bond acceptors (Lipinski definition) is 3. The van der Waals surface area contributed by atoms with Crippen molar-refractivity contribution in [1.82, 2.24) is 5.32 Å². The molecule has 1 saturated carbocycles. The van der Waals surface area contributed by atoms with Gasteiger partial charge in [0, 0.05) is 25.7 Å². The third kappa shape index (κ3) is 2.90. The van der Waals surface area contributed by atoms with E-state index in [1.165, 1.54) is 38.6 Å². The molecule has 3 nitrogen and oxygen atoms in total. The summed E-state index contributed by atoms with van der Waals surface area (Å²) in [6.45, 7) is 8.58. The third-order valence-corrected chi connectivity index (χ3v) is 5.98. The minimum atomic E-state index is 0.0809. The molecule has 0 aromatic carbocycles. The highest BCUT2D eigenvalue weighted by molar-refractivity contribution is 4.96. The third-order valence-electron chi connectivity index (χ3n) is 5.98. The van der Waals surface area contributed by atoms with E-state index in [-0.39, 0.29) is 5.60 Å². The second kappa shape index (κ2) is 6.33. The van der Waals surface area contributed by atoms with E-state index in [2.05, 4.69) is 19.2 Å². The lowest BCUT2D eigenvalue weighted by Gasteiger charge is -2.41. The van der Waals surface area contributed by atoms with Gasteiger partial charge in [-0.1, -0.05) is 13.8 Å². The Morgan fingerprint density at radius 3 is 2.85 bits per heavy atom. The highest BCUT2D eigenvalue weighted by Crippen LogP contribution is 2.45. The van der Waals surface area contributed by atoms with Crippen LogP contribution >= 0.6 is 0 Å². The predicted molar refractivity (Wildman–Crippen MR) is 80.8 cm³/mol. The molecule has 116 valence electrons. The lowest BCUT2D eigenvalue weighted by atomic mass is 9.74. The van der Waals surface area contributed by atoms with E-state index in [1.54, 1.807) is 0 Å². The van der Waals surface area contributed by atoms with Crippen LogP contribution in [0, 0.1) is 17.8 Å². The first-order valence-corrected chi connectivity index (χ1v) is 8.69. The van der Waals surface area contributed by atoms with Gasteiger partial charge in [-0.2, -0.15) is 0 Å². The Kier molecular flexibility index (Phi) is 4.68. The Balaban J connectivity index is 1.58. The molecule has 1 aliphatic carbocycles. The molecule has 0 aromatic rings. The van der Waals surface area contributed by atoms with Crippen LogP contribution in [0.15, 0.2) is 0 Å². The van der Waals surface area contributed by atoms with E-state index in [0.717, 1.165) is 50.0 Å². The minimum Gasteiger partial charge on any atom is -0.378 e. The molecule has 2 heterocycles. The fraction of sp³-hybridized carbons (Fsp3) is 1.00. The van der Waals surface area contributed by atoms with Crippen LogP contribution in [0.4, 0.5) is 0 Å². The fourth-order valence-corrected chi connectivity index (χ4v) is 4.77. The van der Waals surface area contributed by atoms with Gasteiger partial charge in [-0.05, 0) is 56.4 Å². The average molecular weight is 281 g/mol. The zero-order valence-corrected chi connectivity index (χ0v) is 13.2. The number of nitrogens with one attached hydrogen (secondary N) is 1. The van der Waals surface area contributed by atoms with E-state index < -0.39 is 0 Å². The van der Waals surface area contributed by atoms with Crippen molar-refractivity contribution in [1.29, 1.82) is 0 Å². The molecule has 3 fully saturated rings. The Morgan fingerprint density at radius 2 is 2.10 bits per heavy atom. The van der Waals surface area contributed by atoms with Gasteiger partial charge in [-0.3, -0.25) is 0 Å². The van der Waals surface area contributed by atoms with Crippen molar-refractivity contribution < 1.29 is 9.47 Å². The van der Waals surface area contributed by atoms with Crippen LogP contribution in [0.25, 0.3) is 0 Å². The van der Waals surface area contributed by atoms with Crippen LogP contribution in [-0.4, -0.2) is 38.0 Å². The van der Waals surface area contributed by atoms with Crippen LogP contribution < -0.4 is 5.32 Å². The number of rotatable bonds is 4. The predicted octanol–water partition coefficient (Wildman–Crippen LogP) is 2.99. The zero-order valence-electron chi connectivity index (χ0n) is 13.2. The Morgan fingerprint density at radius 1 is 1.20 bits per heavy atom. The van der Waals surface area contributed by atoms with Crippen molar-refractivity contribution in [2.45, 2.75) is 64.0 Å². The lowest BCUT2D eigenvalue weighted by molar-refractivity contribution is -0.108. The summed E-state index contributed by atoms with van der Waals surface area (Å²) in [7, 11) is 0. The second-order valence-corrected chi connectivity index (χ2v) is 7.25. The average Bonchev–Trinajstić information content (AvgIpc) is 3.04. The van der Waals surface area contributed by atoms with Crippen molar-refractivity contribution >= 4 is 0 Å². The Hall–Kier alpha value is -0.120. The van der Waals surface area contributed by atoms with E-state index in [4.69, 9.17) is 9.47 Å². The highest BCUT2D eigenvalue weighted by Gasteiger charge is 2.46. The van der Waals surface area contributed by atoms with Crippen molar-refractivity contribution in [3.8, 4) is 0 Å². The smallest absolute Gasteiger partial charge is 0.0939 e. The molecule has 2 aliphatic heterocycles. The summed E-state index contributed by atoms with van der Waals surface area (Å²) in [5.41, 5.74) is 0.0809. The molecule has 1 spiro atoms. The molecule has 2 saturated heterocycles. The summed E-state index contributed by atoms with van der Waals surface area (Å²) >= 11 is 0. The van der Waals surface area contributed by atoms with E-state index in [9.17, 15) is 0 Å². The minimum absolute atomic E-state index is 0.0809. The van der Waals surface area contributed by atoms with Gasteiger partial charge in [0.2, 0.25) is 0 Å². The maximum absolute atomic E-state index is 6.10. The van der Waals surface area contributed by atoms with Crippen LogP contribution in [0.3, 0.4) is 0 Å². The highest BCUT2D eigenvalue weighted by atomic mass is 16.6. The summed E-state index contributed by atoms with van der Waals surface area (Å²) in [6, 6.07) is 0.749. The fourth-order valence-electron chi connectivity index (χ4n) is 4.77. The van der Waals surface area contributed by atoms with Gasteiger partial charge in [0.15, 0.2) is 0 Å². The molecular weight excluding hydrogens is 250 g/mol. The molecule has 3 rings (SSSR count). The van der Waals surface area contributed by atoms with Gasteiger partial charge in [0.05, 0.1) is 12.2 Å². The van der Waals surface area contributed by atoms with Crippen molar-refractivity contribution in [2.24, 2.45) is 17.8 Å². The molecule has 3 aliphatic rings. The summed E-state index contributed by atoms with van der Waals surface area (Å²) in [5, 5.41) is 3.76. The van der Waals surface area contributed by atoms with Crippen molar-refractivity contribution in [2.75, 3.05) is 26.4 Å². The van der Waals surface area contributed by atoms with Gasteiger partial charge in [0.1, 0.15) is 0 Å². The summed E-state index contributed by atoms with van der Waals surface area (Å²) in [5.74, 6) is 2.57. The normalized spacial score (nSPS) is 45.3. The molecule has 0 radical (unpaired) electrons. The van der Waals surface area contributed by atoms with Crippen LogP contribution in [0.2, 0.25) is 0 Å². The van der Waals surface area contributed by atoms with Crippen LogP contribution in [0.5, 0.6) is 0 Å². The molecule has 3 heteroatoms. The lowest BCUT2D eigenvalue weighted by Crippen LogP contribution is -2.43. The quantitative estimate of drug-likeness (QED) is 0.859. The first-order chi connectivity index (χ1) is 9.74. The molecular formula is C17H31NO2. The second-order valence-electron chi connectivity index (χ2n) is 7.25. The standard InChI is InChI=1S/C17H31NO2/c1-3-8-18-16-5-4-15(13(16)2)14-6-9-20-17(11-14)7-10-19-12-17/h13-16,18H,3-12H2,1-2H3. The van der Waals surface area contributed by atoms with Gasteiger partial charge < -0.3 is 14.8 Å². The van der Waals surface area contributed by atoms with E-state index in [0.29, 0.717) is 0 Å². The van der Waals surface area contributed by atoms with Gasteiger partial charge in [-0.25, -0.2) is 0 Å². The first-order valence-electron chi connectivity index (χ1n) is 8.69. The van der Waals surface area contributed by atoms with Gasteiger partial charge in [-0.15, -0.1) is 0 Å². The topological polar surface area (TPSA) is 30.5 Å². The molecule has 0 bridgehead atoms. The molecule has 1 N–H and O–H groups in total. The molecule has 0 amide bonds. The molecule has 0 aromatic heterocycles. The van der Waals surface area contributed by atoms with Crippen LogP contribution in [-0.2, 0) is 9.47 Å². The zero-order chi connectivity index (χ0) is 14.0. The Labute approximate surface area is 123 Å². The molecule has 5 unspecified atom stereocenters. The Bertz CT molecular complexity index is 314. The largest absolute Gasteiger partial charge is 0.378 e. The number of ether oxygens (including phenoxy) is 2. The number of hydrogen-bond donors (Lipinski definition) is 1. The summed E-state index contributed by atoms with van der Waals surface area (Å²) in [6.07, 6.45) is 7.63. The van der Waals surface area contributed by atoms with E-state index in [1.807, 2.05) is 0 Å². The SMILES string of the molecule is CCCNC1CCC(C2CCOC3(CCOC3)C2)C1C. The molecule has 5 atom stereocenters. The first kappa shape index (κ1) is 14.8. The van der Waals surface area contributed by atoms with Gasteiger partial charge in [0.25, 0.3) is 0 Å². The maximum Gasteiger partial charge on any atom is 0.0939 e. The maximum atomic E-state index is 6.10. The van der Waals surface area contributed by atoms with Crippen molar-refractivity contribution in [3.63, 3.8) is 0 Å². The van der Waals surface area contributed by atoms with Crippen LogP contribution in [0.1, 0.15) is 52.4 Å².